The molecule has 0 spiro atoms. The first-order valence-electron chi connectivity index (χ1n) is 10.8. The molecule has 1 N–H and O–H groups in total. The topological polar surface area (TPSA) is 86.8 Å². The van der Waals surface area contributed by atoms with Gasteiger partial charge in [-0.25, -0.2) is 12.8 Å². The number of sulfonamides is 1. The molecule has 1 saturated heterocycles. The van der Waals surface area contributed by atoms with Crippen LogP contribution in [0.15, 0.2) is 83.8 Å². The first kappa shape index (κ1) is 23.6. The minimum Gasteiger partial charge on any atom is -0.325 e. The van der Waals surface area contributed by atoms with E-state index in [0.29, 0.717) is 29.9 Å². The molecule has 3 aromatic carbocycles. The van der Waals surface area contributed by atoms with E-state index in [2.05, 4.69) is 5.32 Å². The number of amides is 2. The van der Waals surface area contributed by atoms with Crippen LogP contribution in [0.3, 0.4) is 0 Å². The number of hydrogen-bond donors (Lipinski definition) is 1. The van der Waals surface area contributed by atoms with Crippen molar-refractivity contribution in [2.24, 2.45) is 0 Å². The van der Waals surface area contributed by atoms with Crippen molar-refractivity contribution in [3.8, 4) is 0 Å². The van der Waals surface area contributed by atoms with Crippen LogP contribution in [0.1, 0.15) is 18.4 Å². The molecule has 2 amide bonds. The van der Waals surface area contributed by atoms with Gasteiger partial charge in [-0.2, -0.15) is 4.31 Å². The summed E-state index contributed by atoms with van der Waals surface area (Å²) in [5.41, 5.74) is 1.68. The monoisotopic (exact) mass is 481 g/mol. The molecule has 0 unspecified atom stereocenters. The fourth-order valence-corrected chi connectivity index (χ4v) is 5.20. The number of benzene rings is 3. The molecule has 1 aliphatic rings. The van der Waals surface area contributed by atoms with Gasteiger partial charge in [0.2, 0.25) is 21.8 Å². The lowest BCUT2D eigenvalue weighted by Gasteiger charge is -2.22. The molecule has 9 heteroatoms. The Hall–Kier alpha value is -3.56. The molecule has 4 rings (SSSR count). The van der Waals surface area contributed by atoms with Gasteiger partial charge in [0, 0.05) is 30.9 Å². The number of nitrogens with zero attached hydrogens (tertiary/aromatic N) is 2. The molecule has 0 saturated carbocycles. The van der Waals surface area contributed by atoms with Gasteiger partial charge < -0.3 is 10.2 Å². The molecule has 1 aliphatic heterocycles. The molecule has 0 aromatic heterocycles. The molecule has 7 nitrogen and oxygen atoms in total. The maximum Gasteiger partial charge on any atom is 0.243 e. The van der Waals surface area contributed by atoms with E-state index in [1.807, 2.05) is 0 Å². The normalized spacial score (nSPS) is 13.9. The van der Waals surface area contributed by atoms with Crippen LogP contribution in [0.5, 0.6) is 0 Å². The first-order chi connectivity index (χ1) is 16.3. The van der Waals surface area contributed by atoms with Crippen molar-refractivity contribution >= 4 is 33.2 Å². The Morgan fingerprint density at radius 3 is 2.41 bits per heavy atom. The van der Waals surface area contributed by atoms with Crippen LogP contribution in [0.2, 0.25) is 0 Å². The third-order valence-electron chi connectivity index (χ3n) is 5.49. The van der Waals surface area contributed by atoms with Gasteiger partial charge in [-0.15, -0.1) is 0 Å². The van der Waals surface area contributed by atoms with Crippen LogP contribution in [0, 0.1) is 5.82 Å². The summed E-state index contributed by atoms with van der Waals surface area (Å²) in [6.07, 6.45) is 1.28. The molecule has 1 heterocycles. The molecule has 0 aliphatic carbocycles. The summed E-state index contributed by atoms with van der Waals surface area (Å²) in [6.45, 7) is 0.0751. The highest BCUT2D eigenvalue weighted by Crippen LogP contribution is 2.25. The Morgan fingerprint density at radius 1 is 1.00 bits per heavy atom. The summed E-state index contributed by atoms with van der Waals surface area (Å²) < 4.78 is 40.9. The average Bonchev–Trinajstić information content (AvgIpc) is 3.26. The minimum atomic E-state index is -4.00. The van der Waals surface area contributed by atoms with Crippen LogP contribution in [0.4, 0.5) is 15.8 Å². The Morgan fingerprint density at radius 2 is 1.74 bits per heavy atom. The predicted molar refractivity (Wildman–Crippen MR) is 127 cm³/mol. The molecule has 176 valence electrons. The van der Waals surface area contributed by atoms with Crippen LogP contribution in [-0.4, -0.2) is 37.6 Å². The highest BCUT2D eigenvalue weighted by atomic mass is 32.2. The van der Waals surface area contributed by atoms with Gasteiger partial charge in [0.25, 0.3) is 0 Å². The van der Waals surface area contributed by atoms with Gasteiger partial charge in [-0.05, 0) is 54.4 Å². The summed E-state index contributed by atoms with van der Waals surface area (Å²) in [5.74, 6) is -0.940. The number of carbonyl (C=O) groups excluding carboxylic acids is 2. The van der Waals surface area contributed by atoms with E-state index in [9.17, 15) is 22.4 Å². The zero-order valence-corrected chi connectivity index (χ0v) is 19.2. The predicted octanol–water partition coefficient (Wildman–Crippen LogP) is 3.78. The maximum atomic E-state index is 13.3. The second-order valence-corrected chi connectivity index (χ2v) is 9.90. The third kappa shape index (κ3) is 5.49. The lowest BCUT2D eigenvalue weighted by molar-refractivity contribution is -0.117. The summed E-state index contributed by atoms with van der Waals surface area (Å²) in [7, 11) is -4.00. The van der Waals surface area contributed by atoms with Gasteiger partial charge in [0.05, 0.1) is 11.4 Å². The molecule has 0 radical (unpaired) electrons. The van der Waals surface area contributed by atoms with Crippen LogP contribution < -0.4 is 10.2 Å². The smallest absolute Gasteiger partial charge is 0.243 e. The zero-order valence-electron chi connectivity index (χ0n) is 18.4. The summed E-state index contributed by atoms with van der Waals surface area (Å²) in [6, 6.07) is 20.2. The Balaban J connectivity index is 1.54. The average molecular weight is 482 g/mol. The Kier molecular flexibility index (Phi) is 7.04. The summed E-state index contributed by atoms with van der Waals surface area (Å²) in [4.78, 5) is 26.6. The van der Waals surface area contributed by atoms with E-state index < -0.39 is 28.3 Å². The lowest BCUT2D eigenvalue weighted by Crippen LogP contribution is -2.37. The van der Waals surface area contributed by atoms with E-state index in [-0.39, 0.29) is 17.3 Å². The van der Waals surface area contributed by atoms with E-state index in [1.165, 1.54) is 36.4 Å². The van der Waals surface area contributed by atoms with Gasteiger partial charge in [0.15, 0.2) is 0 Å². The van der Waals surface area contributed by atoms with Gasteiger partial charge >= 0.3 is 0 Å². The zero-order chi connectivity index (χ0) is 24.1. The van der Waals surface area contributed by atoms with Crippen molar-refractivity contribution in [1.29, 1.82) is 0 Å². The molecule has 0 atom stereocenters. The van der Waals surface area contributed by atoms with Crippen molar-refractivity contribution in [3.63, 3.8) is 0 Å². The van der Waals surface area contributed by atoms with Crippen molar-refractivity contribution < 1.29 is 22.4 Å². The molecule has 34 heavy (non-hydrogen) atoms. The quantitative estimate of drug-likeness (QED) is 0.531. The third-order valence-corrected chi connectivity index (χ3v) is 7.29. The second kappa shape index (κ2) is 10.1. The highest BCUT2D eigenvalue weighted by Gasteiger charge is 2.27. The van der Waals surface area contributed by atoms with Gasteiger partial charge in [-0.3, -0.25) is 9.59 Å². The van der Waals surface area contributed by atoms with Crippen molar-refractivity contribution in [2.75, 3.05) is 23.3 Å². The number of nitrogens with one attached hydrogen (secondary N) is 1. The summed E-state index contributed by atoms with van der Waals surface area (Å²) in [5, 5.41) is 2.73. The Labute approximate surface area is 197 Å². The van der Waals surface area contributed by atoms with E-state index in [1.54, 1.807) is 47.4 Å². The van der Waals surface area contributed by atoms with E-state index >= 15 is 0 Å². The van der Waals surface area contributed by atoms with E-state index in [0.717, 1.165) is 10.7 Å². The SMILES string of the molecule is O=C(CN(Cc1ccc(F)cc1)S(=O)(=O)c1ccccc1)Nc1cccc(N2CCCC2=O)c1. The fourth-order valence-electron chi connectivity index (χ4n) is 3.79. The number of halogens is 1. The van der Waals surface area contributed by atoms with Crippen LogP contribution in [0.25, 0.3) is 0 Å². The minimum absolute atomic E-state index is 0.0305. The molecular formula is C25H24FN3O4S. The second-order valence-electron chi connectivity index (χ2n) is 7.96. The fraction of sp³-hybridized carbons (Fsp3) is 0.200. The van der Waals surface area contributed by atoms with Crippen molar-refractivity contribution in [2.45, 2.75) is 24.3 Å². The molecular weight excluding hydrogens is 457 g/mol. The molecule has 0 bridgehead atoms. The van der Waals surface area contributed by atoms with E-state index in [4.69, 9.17) is 0 Å². The van der Waals surface area contributed by atoms with Crippen molar-refractivity contribution in [1.82, 2.24) is 4.31 Å². The highest BCUT2D eigenvalue weighted by molar-refractivity contribution is 7.89. The van der Waals surface area contributed by atoms with Gasteiger partial charge in [-0.1, -0.05) is 36.4 Å². The number of carbonyl (C=O) groups is 2. The first-order valence-corrected chi connectivity index (χ1v) is 12.3. The molecule has 3 aromatic rings. The largest absolute Gasteiger partial charge is 0.325 e. The van der Waals surface area contributed by atoms with Crippen molar-refractivity contribution in [3.05, 3.63) is 90.2 Å². The van der Waals surface area contributed by atoms with Crippen LogP contribution >= 0.6 is 0 Å². The molecule has 1 fully saturated rings. The van der Waals surface area contributed by atoms with Crippen LogP contribution in [-0.2, 0) is 26.2 Å². The number of hydrogen-bond acceptors (Lipinski definition) is 4. The maximum absolute atomic E-state index is 13.3. The number of rotatable bonds is 8. The number of anilines is 2. The standard InChI is InChI=1S/C25H24FN3O4S/c26-20-13-11-19(12-14-20)17-28(34(32,33)23-8-2-1-3-9-23)18-24(30)27-21-6-4-7-22(16-21)29-15-5-10-25(29)31/h1-4,6-9,11-14,16H,5,10,15,17-18H2,(H,27,30). The van der Waals surface area contributed by atoms with Gasteiger partial charge in [0.1, 0.15) is 5.82 Å². The lowest BCUT2D eigenvalue weighted by atomic mass is 10.2. The Bertz CT molecular complexity index is 1280. The summed E-state index contributed by atoms with van der Waals surface area (Å²) >= 11 is 0.